The van der Waals surface area contributed by atoms with Crippen LogP contribution in [0.2, 0.25) is 0 Å². The molecular formula is C21H35N3OS. The molecule has 1 unspecified atom stereocenters. The van der Waals surface area contributed by atoms with Crippen LogP contribution in [0.3, 0.4) is 0 Å². The van der Waals surface area contributed by atoms with Crippen molar-refractivity contribution >= 4 is 23.2 Å². The van der Waals surface area contributed by atoms with Crippen LogP contribution in [-0.4, -0.2) is 35.1 Å². The molecule has 5 heteroatoms. The zero-order valence-electron chi connectivity index (χ0n) is 16.1. The Balaban J connectivity index is 1.30. The van der Waals surface area contributed by atoms with Gasteiger partial charge in [-0.15, -0.1) is 0 Å². The van der Waals surface area contributed by atoms with E-state index in [1.807, 2.05) is 0 Å². The van der Waals surface area contributed by atoms with Gasteiger partial charge in [0.1, 0.15) is 0 Å². The van der Waals surface area contributed by atoms with Gasteiger partial charge in [0.25, 0.3) is 0 Å². The summed E-state index contributed by atoms with van der Waals surface area (Å²) < 4.78 is 0. The van der Waals surface area contributed by atoms with Crippen LogP contribution in [0.25, 0.3) is 0 Å². The molecular weight excluding hydrogens is 342 g/mol. The zero-order valence-corrected chi connectivity index (χ0v) is 16.9. The quantitative estimate of drug-likeness (QED) is 0.536. The number of hydrogen-bond acceptors (Lipinski definition) is 2. The number of carbonyl (C=O) groups excluding carboxylic acids is 1. The van der Waals surface area contributed by atoms with Crippen LogP contribution in [0, 0.1) is 5.92 Å². The van der Waals surface area contributed by atoms with E-state index < -0.39 is 0 Å². The minimum Gasteiger partial charge on any atom is -0.363 e. The molecule has 4 nitrogen and oxygen atoms in total. The van der Waals surface area contributed by atoms with Crippen LogP contribution in [-0.2, 0) is 4.79 Å². The predicted octanol–water partition coefficient (Wildman–Crippen LogP) is 4.26. The third-order valence-electron chi connectivity index (χ3n) is 6.12. The molecule has 0 spiro atoms. The number of likely N-dealkylation sites (tertiary alicyclic amines) is 1. The molecule has 146 valence electrons. The van der Waals surface area contributed by atoms with Gasteiger partial charge in [-0.1, -0.05) is 25.3 Å². The van der Waals surface area contributed by atoms with E-state index in [9.17, 15) is 4.79 Å². The number of piperidine rings is 1. The lowest BCUT2D eigenvalue weighted by molar-refractivity contribution is -0.130. The first-order chi connectivity index (χ1) is 12.7. The second-order valence-corrected chi connectivity index (χ2v) is 8.54. The Morgan fingerprint density at radius 2 is 1.88 bits per heavy atom. The van der Waals surface area contributed by atoms with Gasteiger partial charge in [-0.2, -0.15) is 0 Å². The molecule has 3 aliphatic rings. The van der Waals surface area contributed by atoms with E-state index >= 15 is 0 Å². The molecule has 0 aromatic heterocycles. The molecule has 2 aliphatic carbocycles. The number of nitrogens with one attached hydrogen (secondary N) is 2. The number of fused-ring (bicyclic) bond motifs is 1. The normalized spacial score (nSPS) is 23.8. The first-order valence-electron chi connectivity index (χ1n) is 10.8. The third kappa shape index (κ3) is 5.70. The minimum absolute atomic E-state index is 0.325. The number of nitrogens with zero attached hydrogens (tertiary/aromatic N) is 1. The first kappa shape index (κ1) is 19.7. The molecule has 1 heterocycles. The van der Waals surface area contributed by atoms with Gasteiger partial charge in [0.2, 0.25) is 5.91 Å². The van der Waals surface area contributed by atoms with Crippen LogP contribution in [0.1, 0.15) is 83.5 Å². The average molecular weight is 378 g/mol. The number of thiocarbonyl (C=S) groups is 1. The average Bonchev–Trinajstić information content (AvgIpc) is 2.68. The molecule has 3 rings (SSSR count). The molecule has 1 atom stereocenters. The van der Waals surface area contributed by atoms with Crippen molar-refractivity contribution in [2.45, 2.75) is 89.5 Å². The van der Waals surface area contributed by atoms with Gasteiger partial charge < -0.3 is 15.5 Å². The highest BCUT2D eigenvalue weighted by molar-refractivity contribution is 7.80. The fourth-order valence-corrected chi connectivity index (χ4v) is 4.94. The van der Waals surface area contributed by atoms with Gasteiger partial charge >= 0.3 is 0 Å². The molecule has 0 aromatic carbocycles. The van der Waals surface area contributed by atoms with Gasteiger partial charge in [-0.25, -0.2) is 0 Å². The summed E-state index contributed by atoms with van der Waals surface area (Å²) in [5, 5.41) is 7.54. The van der Waals surface area contributed by atoms with Crippen molar-refractivity contribution in [1.82, 2.24) is 15.5 Å². The van der Waals surface area contributed by atoms with Crippen LogP contribution in [0.4, 0.5) is 0 Å². The van der Waals surface area contributed by atoms with Crippen molar-refractivity contribution in [3.05, 3.63) is 11.8 Å². The van der Waals surface area contributed by atoms with E-state index in [0.29, 0.717) is 24.3 Å². The lowest BCUT2D eigenvalue weighted by Crippen LogP contribution is -2.43. The molecule has 0 aromatic rings. The lowest BCUT2D eigenvalue weighted by atomic mass is 9.85. The lowest BCUT2D eigenvalue weighted by Gasteiger charge is -2.38. The number of unbranched alkanes of at least 4 members (excludes halogenated alkanes) is 1. The molecule has 1 amide bonds. The van der Waals surface area contributed by atoms with E-state index in [1.54, 1.807) is 0 Å². The number of allylic oxidation sites excluding steroid dienone is 2. The van der Waals surface area contributed by atoms with E-state index in [4.69, 9.17) is 12.2 Å². The standard InChI is InChI=1S/C21H35N3OS/c25-20(24-16-8-10-17-9-4-5-13-19(17)24)14-6-7-15-22-21(26)23-18-11-2-1-3-12-18/h13,17-18H,1-12,14-16H2,(H2,22,23,26). The smallest absolute Gasteiger partial charge is 0.226 e. The Morgan fingerprint density at radius 3 is 2.73 bits per heavy atom. The molecule has 2 N–H and O–H groups in total. The molecule has 1 saturated heterocycles. The number of hydrogen-bond donors (Lipinski definition) is 2. The Labute approximate surface area is 164 Å². The van der Waals surface area contributed by atoms with Crippen molar-refractivity contribution in [3.8, 4) is 0 Å². The maximum atomic E-state index is 12.6. The summed E-state index contributed by atoms with van der Waals surface area (Å²) in [5.74, 6) is 0.970. The van der Waals surface area contributed by atoms with Crippen molar-refractivity contribution < 1.29 is 4.79 Å². The largest absolute Gasteiger partial charge is 0.363 e. The van der Waals surface area contributed by atoms with Crippen LogP contribution in [0.15, 0.2) is 11.8 Å². The van der Waals surface area contributed by atoms with Gasteiger partial charge in [0.15, 0.2) is 5.11 Å². The summed E-state index contributed by atoms with van der Waals surface area (Å²) >= 11 is 5.40. The van der Waals surface area contributed by atoms with Crippen LogP contribution in [0.5, 0.6) is 0 Å². The highest BCUT2D eigenvalue weighted by Gasteiger charge is 2.29. The Hall–Kier alpha value is -1.10. The maximum Gasteiger partial charge on any atom is 0.226 e. The number of rotatable bonds is 6. The van der Waals surface area contributed by atoms with Gasteiger partial charge in [0, 0.05) is 31.2 Å². The van der Waals surface area contributed by atoms with Gasteiger partial charge in [0.05, 0.1) is 0 Å². The van der Waals surface area contributed by atoms with Crippen molar-refractivity contribution in [2.75, 3.05) is 13.1 Å². The van der Waals surface area contributed by atoms with E-state index in [0.717, 1.165) is 43.9 Å². The second kappa shape index (κ2) is 10.3. The topological polar surface area (TPSA) is 44.4 Å². The van der Waals surface area contributed by atoms with E-state index in [1.165, 1.54) is 57.1 Å². The second-order valence-electron chi connectivity index (χ2n) is 8.14. The Bertz CT molecular complexity index is 513. The van der Waals surface area contributed by atoms with Crippen LogP contribution < -0.4 is 10.6 Å². The number of carbonyl (C=O) groups is 1. The molecule has 0 bridgehead atoms. The third-order valence-corrected chi connectivity index (χ3v) is 6.38. The molecule has 2 fully saturated rings. The van der Waals surface area contributed by atoms with Crippen molar-refractivity contribution in [1.29, 1.82) is 0 Å². The Kier molecular flexibility index (Phi) is 7.78. The maximum absolute atomic E-state index is 12.6. The molecule has 1 aliphatic heterocycles. The van der Waals surface area contributed by atoms with Gasteiger partial charge in [-0.3, -0.25) is 4.79 Å². The summed E-state index contributed by atoms with van der Waals surface area (Å²) in [6, 6.07) is 0.557. The van der Waals surface area contributed by atoms with E-state index in [-0.39, 0.29) is 0 Å². The zero-order chi connectivity index (χ0) is 18.2. The Morgan fingerprint density at radius 1 is 1.08 bits per heavy atom. The van der Waals surface area contributed by atoms with Crippen molar-refractivity contribution in [3.63, 3.8) is 0 Å². The molecule has 1 saturated carbocycles. The summed E-state index contributed by atoms with van der Waals surface area (Å²) in [4.78, 5) is 14.7. The summed E-state index contributed by atoms with van der Waals surface area (Å²) in [7, 11) is 0. The van der Waals surface area contributed by atoms with E-state index in [2.05, 4.69) is 21.6 Å². The fraction of sp³-hybridized carbons (Fsp3) is 0.810. The monoisotopic (exact) mass is 377 g/mol. The molecule has 26 heavy (non-hydrogen) atoms. The summed E-state index contributed by atoms with van der Waals surface area (Å²) in [6.07, 6.45) is 17.5. The highest BCUT2D eigenvalue weighted by atomic mass is 32.1. The van der Waals surface area contributed by atoms with Gasteiger partial charge in [-0.05, 0) is 75.9 Å². The minimum atomic E-state index is 0.325. The summed E-state index contributed by atoms with van der Waals surface area (Å²) in [5.41, 5.74) is 1.34. The number of amides is 1. The SMILES string of the molecule is O=C(CCCCNC(=S)NC1CCCCC1)N1CCCC2CCCC=C21. The fourth-order valence-electron chi connectivity index (χ4n) is 4.67. The van der Waals surface area contributed by atoms with Crippen molar-refractivity contribution in [2.24, 2.45) is 5.92 Å². The predicted molar refractivity (Wildman–Crippen MR) is 111 cm³/mol. The first-order valence-corrected chi connectivity index (χ1v) is 11.2. The highest BCUT2D eigenvalue weighted by Crippen LogP contribution is 2.35. The summed E-state index contributed by atoms with van der Waals surface area (Å²) in [6.45, 7) is 1.78. The molecule has 0 radical (unpaired) electrons. The van der Waals surface area contributed by atoms with Crippen LogP contribution >= 0.6 is 12.2 Å².